The number of aromatic nitrogens is 1. The highest BCUT2D eigenvalue weighted by Gasteiger charge is 2.01. The minimum atomic E-state index is 0.471. The van der Waals surface area contributed by atoms with Gasteiger partial charge in [0.2, 0.25) is 5.88 Å². The van der Waals surface area contributed by atoms with Crippen molar-refractivity contribution in [3.05, 3.63) is 42.5 Å². The summed E-state index contributed by atoms with van der Waals surface area (Å²) in [5.41, 5.74) is 2.47. The maximum absolute atomic E-state index is 5.62. The average Bonchev–Trinajstić information content (AvgIpc) is 2.40. The molecule has 5 heteroatoms. The third-order valence-corrected chi connectivity index (χ3v) is 2.21. The van der Waals surface area contributed by atoms with Crippen LogP contribution in [0, 0.1) is 0 Å². The van der Waals surface area contributed by atoms with Crippen LogP contribution in [0.25, 0.3) is 0 Å². The number of nitrogen functional groups attached to an aromatic ring is 1. The van der Waals surface area contributed by atoms with Gasteiger partial charge in [0.1, 0.15) is 17.3 Å². The lowest BCUT2D eigenvalue weighted by Crippen LogP contribution is -2.08. The fourth-order valence-corrected chi connectivity index (χ4v) is 1.47. The minimum absolute atomic E-state index is 0.471. The van der Waals surface area contributed by atoms with Crippen LogP contribution in [0.5, 0.6) is 17.4 Å². The van der Waals surface area contributed by atoms with E-state index >= 15 is 0 Å². The number of nitrogens with zero attached hydrogens (tertiary/aromatic N) is 1. The van der Waals surface area contributed by atoms with Crippen LogP contribution in [0.2, 0.25) is 0 Å². The van der Waals surface area contributed by atoms with E-state index in [0.29, 0.717) is 24.1 Å². The number of hydrazine groups is 1. The number of hydrogen-bond donors (Lipinski definition) is 2. The number of benzene rings is 1. The Morgan fingerprint density at radius 3 is 2.72 bits per heavy atom. The summed E-state index contributed by atoms with van der Waals surface area (Å²) in [5.74, 6) is 7.74. The molecule has 18 heavy (non-hydrogen) atoms. The average molecular weight is 245 g/mol. The summed E-state index contributed by atoms with van der Waals surface area (Å²) in [6.07, 6.45) is 0. The summed E-state index contributed by atoms with van der Waals surface area (Å²) in [7, 11) is 0. The van der Waals surface area contributed by atoms with E-state index in [1.165, 1.54) is 0 Å². The first-order chi connectivity index (χ1) is 8.81. The van der Waals surface area contributed by atoms with Crippen LogP contribution in [-0.4, -0.2) is 11.6 Å². The van der Waals surface area contributed by atoms with Gasteiger partial charge in [0.15, 0.2) is 0 Å². The van der Waals surface area contributed by atoms with Gasteiger partial charge in [0, 0.05) is 12.1 Å². The first kappa shape index (κ1) is 12.2. The molecule has 0 bridgehead atoms. The Morgan fingerprint density at radius 2 is 1.94 bits per heavy atom. The van der Waals surface area contributed by atoms with E-state index in [1.807, 2.05) is 37.3 Å². The SMILES string of the molecule is CCOc1cccc(Oc2cccc(NN)n2)c1. The smallest absolute Gasteiger partial charge is 0.221 e. The fraction of sp³-hybridized carbons (Fsp3) is 0.154. The van der Waals surface area contributed by atoms with Gasteiger partial charge in [0.25, 0.3) is 0 Å². The molecule has 3 N–H and O–H groups in total. The number of nitrogens with one attached hydrogen (secondary N) is 1. The molecular weight excluding hydrogens is 230 g/mol. The molecule has 0 aliphatic carbocycles. The van der Waals surface area contributed by atoms with Crippen molar-refractivity contribution < 1.29 is 9.47 Å². The van der Waals surface area contributed by atoms with Gasteiger partial charge in [-0.2, -0.15) is 4.98 Å². The topological polar surface area (TPSA) is 69.4 Å². The lowest BCUT2D eigenvalue weighted by Gasteiger charge is -2.08. The first-order valence-electron chi connectivity index (χ1n) is 5.66. The lowest BCUT2D eigenvalue weighted by molar-refractivity contribution is 0.338. The minimum Gasteiger partial charge on any atom is -0.494 e. The highest BCUT2D eigenvalue weighted by Crippen LogP contribution is 2.24. The quantitative estimate of drug-likeness (QED) is 0.625. The van der Waals surface area contributed by atoms with Crippen molar-refractivity contribution >= 4 is 5.82 Å². The Morgan fingerprint density at radius 1 is 1.17 bits per heavy atom. The van der Waals surface area contributed by atoms with Gasteiger partial charge >= 0.3 is 0 Å². The molecule has 0 saturated heterocycles. The molecule has 0 unspecified atom stereocenters. The van der Waals surface area contributed by atoms with E-state index in [0.717, 1.165) is 5.75 Å². The molecule has 1 aromatic heterocycles. The molecule has 1 aromatic carbocycles. The van der Waals surface area contributed by atoms with Gasteiger partial charge < -0.3 is 14.9 Å². The van der Waals surface area contributed by atoms with Gasteiger partial charge in [-0.25, -0.2) is 5.84 Å². The molecule has 5 nitrogen and oxygen atoms in total. The molecular formula is C13H15N3O2. The van der Waals surface area contributed by atoms with Crippen LogP contribution in [0.4, 0.5) is 5.82 Å². The van der Waals surface area contributed by atoms with E-state index < -0.39 is 0 Å². The standard InChI is InChI=1S/C13H15N3O2/c1-2-17-10-5-3-6-11(9-10)18-13-8-4-7-12(15-13)16-14/h3-9H,2,14H2,1H3,(H,15,16). The Kier molecular flexibility index (Phi) is 3.98. The van der Waals surface area contributed by atoms with E-state index in [9.17, 15) is 0 Å². The van der Waals surface area contributed by atoms with Crippen LogP contribution < -0.4 is 20.7 Å². The van der Waals surface area contributed by atoms with E-state index in [4.69, 9.17) is 15.3 Å². The predicted octanol–water partition coefficient (Wildman–Crippen LogP) is 2.56. The fourth-order valence-electron chi connectivity index (χ4n) is 1.47. The summed E-state index contributed by atoms with van der Waals surface area (Å²) < 4.78 is 11.0. The van der Waals surface area contributed by atoms with E-state index in [1.54, 1.807) is 12.1 Å². The molecule has 0 spiro atoms. The van der Waals surface area contributed by atoms with Crippen LogP contribution in [0.15, 0.2) is 42.5 Å². The van der Waals surface area contributed by atoms with Crippen molar-refractivity contribution in [1.29, 1.82) is 0 Å². The van der Waals surface area contributed by atoms with Gasteiger partial charge in [0.05, 0.1) is 6.61 Å². The summed E-state index contributed by atoms with van der Waals surface area (Å²) in [4.78, 5) is 4.16. The van der Waals surface area contributed by atoms with E-state index in [-0.39, 0.29) is 0 Å². The van der Waals surface area contributed by atoms with Crippen LogP contribution >= 0.6 is 0 Å². The summed E-state index contributed by atoms with van der Waals surface area (Å²) >= 11 is 0. The molecule has 94 valence electrons. The predicted molar refractivity (Wildman–Crippen MR) is 69.7 cm³/mol. The maximum atomic E-state index is 5.62. The van der Waals surface area contributed by atoms with Crippen LogP contribution in [0.1, 0.15) is 6.92 Å². The van der Waals surface area contributed by atoms with Crippen molar-refractivity contribution in [2.24, 2.45) is 5.84 Å². The molecule has 0 aliphatic heterocycles. The summed E-state index contributed by atoms with van der Waals surface area (Å²) in [6, 6.07) is 12.7. The van der Waals surface area contributed by atoms with Crippen molar-refractivity contribution in [2.45, 2.75) is 6.92 Å². The Balaban J connectivity index is 2.14. The van der Waals surface area contributed by atoms with Crippen molar-refractivity contribution in [1.82, 2.24) is 4.98 Å². The highest BCUT2D eigenvalue weighted by atomic mass is 16.5. The normalized spacial score (nSPS) is 9.89. The number of rotatable bonds is 5. The number of nitrogens with two attached hydrogens (primary N) is 1. The Bertz CT molecular complexity index is 517. The van der Waals surface area contributed by atoms with Gasteiger partial charge in [-0.05, 0) is 25.1 Å². The number of pyridine rings is 1. The molecule has 0 fully saturated rings. The zero-order valence-corrected chi connectivity index (χ0v) is 10.1. The van der Waals surface area contributed by atoms with Crippen LogP contribution in [0.3, 0.4) is 0 Å². The lowest BCUT2D eigenvalue weighted by atomic mass is 10.3. The first-order valence-corrected chi connectivity index (χ1v) is 5.66. The molecule has 0 aliphatic rings. The molecule has 0 amide bonds. The number of anilines is 1. The second-order valence-electron chi connectivity index (χ2n) is 3.52. The largest absolute Gasteiger partial charge is 0.494 e. The maximum Gasteiger partial charge on any atom is 0.221 e. The van der Waals surface area contributed by atoms with Crippen molar-refractivity contribution in [3.63, 3.8) is 0 Å². The molecule has 0 saturated carbocycles. The zero-order valence-electron chi connectivity index (χ0n) is 10.1. The third kappa shape index (κ3) is 3.11. The number of hydrogen-bond acceptors (Lipinski definition) is 5. The second-order valence-corrected chi connectivity index (χ2v) is 3.52. The van der Waals surface area contributed by atoms with Gasteiger partial charge in [-0.1, -0.05) is 12.1 Å². The molecule has 0 atom stereocenters. The van der Waals surface area contributed by atoms with Crippen molar-refractivity contribution in [3.8, 4) is 17.4 Å². The van der Waals surface area contributed by atoms with E-state index in [2.05, 4.69) is 10.4 Å². The molecule has 0 radical (unpaired) electrons. The second kappa shape index (κ2) is 5.88. The Labute approximate surface area is 106 Å². The van der Waals surface area contributed by atoms with Gasteiger partial charge in [-0.15, -0.1) is 0 Å². The zero-order chi connectivity index (χ0) is 12.8. The molecule has 1 heterocycles. The third-order valence-electron chi connectivity index (χ3n) is 2.21. The van der Waals surface area contributed by atoms with Gasteiger partial charge in [-0.3, -0.25) is 0 Å². The monoisotopic (exact) mass is 245 g/mol. The highest BCUT2D eigenvalue weighted by molar-refractivity contribution is 5.39. The molecule has 2 rings (SSSR count). The summed E-state index contributed by atoms with van der Waals surface area (Å²) in [5, 5.41) is 0. The van der Waals surface area contributed by atoms with Crippen LogP contribution in [-0.2, 0) is 0 Å². The van der Waals surface area contributed by atoms with Crippen molar-refractivity contribution in [2.75, 3.05) is 12.0 Å². The molecule has 2 aromatic rings. The summed E-state index contributed by atoms with van der Waals surface area (Å²) in [6.45, 7) is 2.56. The Hall–Kier alpha value is -2.27. The number of ether oxygens (including phenoxy) is 2.